The molecule has 2 heteroatoms. The summed E-state index contributed by atoms with van der Waals surface area (Å²) < 4.78 is 0.961. The summed E-state index contributed by atoms with van der Waals surface area (Å²) in [6.45, 7) is 3.49. The first-order chi connectivity index (χ1) is 2.81. The minimum Gasteiger partial charge on any atom is -0.0979 e. The Labute approximate surface area is 54.2 Å². The van der Waals surface area contributed by atoms with E-state index < -0.39 is 0 Å². The second-order valence-electron chi connectivity index (χ2n) is 0.698. The molecule has 34 valence electrons. The summed E-state index contributed by atoms with van der Waals surface area (Å²) in [5.74, 6) is 0. The zero-order valence-corrected chi connectivity index (χ0v) is 6.29. The number of rotatable bonds is 1. The van der Waals surface area contributed by atoms with Crippen molar-refractivity contribution in [3.8, 4) is 0 Å². The van der Waals surface area contributed by atoms with Crippen molar-refractivity contribution in [1.29, 1.82) is 0 Å². The van der Waals surface area contributed by atoms with Crippen molar-refractivity contribution in [3.05, 3.63) is 22.1 Å². The van der Waals surface area contributed by atoms with E-state index in [1.165, 1.54) is 0 Å². The van der Waals surface area contributed by atoms with E-state index in [1.807, 2.05) is 0 Å². The van der Waals surface area contributed by atoms with Crippen LogP contribution in [0.5, 0.6) is 0 Å². The van der Waals surface area contributed by atoms with Crippen LogP contribution >= 0.6 is 31.9 Å². The summed E-state index contributed by atoms with van der Waals surface area (Å²) in [4.78, 5) is 1.75. The Morgan fingerprint density at radius 1 is 1.67 bits per heavy atom. The van der Waals surface area contributed by atoms with E-state index in [9.17, 15) is 0 Å². The lowest BCUT2D eigenvalue weighted by Gasteiger charge is -1.74. The first-order valence-electron chi connectivity index (χ1n) is 1.39. The lowest BCUT2D eigenvalue weighted by atomic mass is 10.6. The van der Waals surface area contributed by atoms with Crippen molar-refractivity contribution < 1.29 is 0 Å². The van der Waals surface area contributed by atoms with Gasteiger partial charge >= 0.3 is 0 Å². The molecule has 0 heterocycles. The minimum absolute atomic E-state index is 0.961. The molecule has 0 aromatic carbocycles. The molecule has 0 radical (unpaired) electrons. The van der Waals surface area contributed by atoms with Crippen LogP contribution in [0.3, 0.4) is 0 Å². The normalized spacial score (nSPS) is 11.3. The maximum absolute atomic E-state index is 3.49. The molecule has 0 bridgehead atoms. The van der Waals surface area contributed by atoms with Crippen molar-refractivity contribution in [2.75, 3.05) is 0 Å². The largest absolute Gasteiger partial charge is 0.0979 e. The molecule has 0 fully saturated rings. The van der Waals surface area contributed by atoms with Crippen LogP contribution in [0, 0.1) is 0 Å². The Hall–Kier alpha value is 0.440. The van der Waals surface area contributed by atoms with Crippen LogP contribution in [0.25, 0.3) is 0 Å². The molecule has 0 aliphatic rings. The third kappa shape index (κ3) is 2.67. The zero-order valence-electron chi connectivity index (χ0n) is 3.12. The van der Waals surface area contributed by atoms with Crippen LogP contribution in [0.15, 0.2) is 22.1 Å². The molecule has 0 saturated heterocycles. The van der Waals surface area contributed by atoms with Crippen molar-refractivity contribution in [3.63, 3.8) is 0 Å². The lowest BCUT2D eigenvalue weighted by molar-refractivity contribution is 2.07. The zero-order chi connectivity index (χ0) is 4.99. The molecule has 0 aromatic heterocycles. The lowest BCUT2D eigenvalue weighted by Crippen LogP contribution is -1.46. The van der Waals surface area contributed by atoms with Crippen molar-refractivity contribution in [2.45, 2.75) is 0 Å². The summed E-state index contributed by atoms with van der Waals surface area (Å²) in [5.41, 5.74) is 0. The van der Waals surface area contributed by atoms with Crippen LogP contribution in [0.1, 0.15) is 0 Å². The van der Waals surface area contributed by atoms with E-state index in [4.69, 9.17) is 0 Å². The molecule has 0 aliphatic carbocycles. The Balaban J connectivity index is 3.50. The third-order valence-corrected chi connectivity index (χ3v) is 1.96. The van der Waals surface area contributed by atoms with Gasteiger partial charge in [-0.15, -0.1) is 0 Å². The average molecular weight is 212 g/mol. The van der Waals surface area contributed by atoms with Gasteiger partial charge < -0.3 is 0 Å². The van der Waals surface area contributed by atoms with Crippen molar-refractivity contribution in [2.24, 2.45) is 0 Å². The highest BCUT2D eigenvalue weighted by Gasteiger charge is 1.71. The van der Waals surface area contributed by atoms with E-state index in [0.29, 0.717) is 0 Å². The van der Waals surface area contributed by atoms with Crippen LogP contribution in [0.4, 0.5) is 0 Å². The van der Waals surface area contributed by atoms with Crippen LogP contribution in [-0.2, 0) is 0 Å². The van der Waals surface area contributed by atoms with Gasteiger partial charge in [0.25, 0.3) is 0 Å². The Bertz CT molecular complexity index is 73.6. The van der Waals surface area contributed by atoms with Gasteiger partial charge in [-0.05, 0) is 4.99 Å². The van der Waals surface area contributed by atoms with Crippen molar-refractivity contribution >= 4 is 31.9 Å². The predicted molar refractivity (Wildman–Crippen MR) is 36.1 cm³/mol. The molecule has 0 aromatic rings. The molecule has 0 atom stereocenters. The van der Waals surface area contributed by atoms with E-state index in [1.54, 1.807) is 11.1 Å². The second kappa shape index (κ2) is 3.62. The molecular formula is C4H4Br2. The third-order valence-electron chi connectivity index (χ3n) is 0.299. The monoisotopic (exact) mass is 210 g/mol. The summed E-state index contributed by atoms with van der Waals surface area (Å²) in [6.07, 6.45) is 1.70. The minimum atomic E-state index is 0.961. The maximum atomic E-state index is 3.49. The fourth-order valence-corrected chi connectivity index (χ4v) is 0.231. The SMILES string of the molecule is C=C/C(Br)=C\Br. The van der Waals surface area contributed by atoms with Gasteiger partial charge in [0.1, 0.15) is 0 Å². The number of allylic oxidation sites excluding steroid dienone is 2. The van der Waals surface area contributed by atoms with E-state index in [2.05, 4.69) is 38.4 Å². The van der Waals surface area contributed by atoms with Gasteiger partial charge in [-0.1, -0.05) is 44.5 Å². The van der Waals surface area contributed by atoms with Gasteiger partial charge in [-0.3, -0.25) is 0 Å². The highest BCUT2D eigenvalue weighted by atomic mass is 79.9. The van der Waals surface area contributed by atoms with Gasteiger partial charge in [0.05, 0.1) is 0 Å². The van der Waals surface area contributed by atoms with Gasteiger partial charge in [0.2, 0.25) is 0 Å². The Kier molecular flexibility index (Phi) is 3.89. The van der Waals surface area contributed by atoms with E-state index in [0.717, 1.165) is 4.48 Å². The number of hydrogen-bond acceptors (Lipinski definition) is 0. The molecule has 6 heavy (non-hydrogen) atoms. The van der Waals surface area contributed by atoms with E-state index >= 15 is 0 Å². The molecule has 0 rings (SSSR count). The molecule has 0 N–H and O–H groups in total. The Morgan fingerprint density at radius 2 is 2.17 bits per heavy atom. The first-order valence-corrected chi connectivity index (χ1v) is 3.10. The van der Waals surface area contributed by atoms with Gasteiger partial charge in [-0.2, -0.15) is 0 Å². The fraction of sp³-hybridized carbons (Fsp3) is 0. The smallest absolute Gasteiger partial charge is 0.0238 e. The standard InChI is InChI=1S/C4H4Br2/c1-2-4(6)3-5/h2-3H,1H2/b4-3+. The highest BCUT2D eigenvalue weighted by molar-refractivity contribution is 9.14. The topological polar surface area (TPSA) is 0 Å². The van der Waals surface area contributed by atoms with Gasteiger partial charge in [0, 0.05) is 4.48 Å². The quantitative estimate of drug-likeness (QED) is 0.586. The number of halogens is 2. The summed E-state index contributed by atoms with van der Waals surface area (Å²) >= 11 is 6.27. The highest BCUT2D eigenvalue weighted by Crippen LogP contribution is 2.06. The molecule has 0 nitrogen and oxygen atoms in total. The van der Waals surface area contributed by atoms with E-state index in [-0.39, 0.29) is 0 Å². The molecular weight excluding hydrogens is 208 g/mol. The number of hydrogen-bond donors (Lipinski definition) is 0. The van der Waals surface area contributed by atoms with Crippen molar-refractivity contribution in [1.82, 2.24) is 0 Å². The Morgan fingerprint density at radius 3 is 2.17 bits per heavy atom. The average Bonchev–Trinajstić information content (AvgIpc) is 1.65. The molecule has 0 aliphatic heterocycles. The van der Waals surface area contributed by atoms with Gasteiger partial charge in [-0.25, -0.2) is 0 Å². The summed E-state index contributed by atoms with van der Waals surface area (Å²) in [7, 11) is 0. The second-order valence-corrected chi connectivity index (χ2v) is 2.07. The molecule has 0 saturated carbocycles. The predicted octanol–water partition coefficient (Wildman–Crippen LogP) is 2.80. The molecule has 0 amide bonds. The maximum Gasteiger partial charge on any atom is 0.0238 e. The van der Waals surface area contributed by atoms with Crippen LogP contribution in [-0.4, -0.2) is 0 Å². The summed E-state index contributed by atoms with van der Waals surface area (Å²) in [5, 5.41) is 0. The fourth-order valence-electron chi connectivity index (χ4n) is 0.0445. The molecule has 0 spiro atoms. The van der Waals surface area contributed by atoms with Gasteiger partial charge in [0.15, 0.2) is 0 Å². The molecule has 0 unspecified atom stereocenters. The van der Waals surface area contributed by atoms with Crippen LogP contribution < -0.4 is 0 Å². The first kappa shape index (κ1) is 6.44. The summed E-state index contributed by atoms with van der Waals surface area (Å²) in [6, 6.07) is 0. The van der Waals surface area contributed by atoms with Crippen LogP contribution in [0.2, 0.25) is 0 Å².